The van der Waals surface area contributed by atoms with Crippen LogP contribution in [0.15, 0.2) is 79.0 Å². The van der Waals surface area contributed by atoms with Crippen LogP contribution in [0.1, 0.15) is 18.1 Å². The summed E-state index contributed by atoms with van der Waals surface area (Å²) in [4.78, 5) is 14.1. The summed E-state index contributed by atoms with van der Waals surface area (Å²) < 4.78 is 2.02. The van der Waals surface area contributed by atoms with Crippen LogP contribution >= 0.6 is 0 Å². The molecule has 0 unspecified atom stereocenters. The molecule has 2 aromatic carbocycles. The van der Waals surface area contributed by atoms with Crippen molar-refractivity contribution in [2.24, 2.45) is 0 Å². The first-order valence-electron chi connectivity index (χ1n) is 10.4. The zero-order valence-corrected chi connectivity index (χ0v) is 17.5. The highest BCUT2D eigenvalue weighted by Crippen LogP contribution is 2.31. The molecule has 154 valence electrons. The maximum atomic E-state index is 9.08. The second-order valence-electron chi connectivity index (χ2n) is 7.46. The number of imidazole rings is 1. The van der Waals surface area contributed by atoms with E-state index in [-0.39, 0.29) is 0 Å². The van der Waals surface area contributed by atoms with Crippen molar-refractivity contribution >= 4 is 17.0 Å². The summed E-state index contributed by atoms with van der Waals surface area (Å²) >= 11 is 0. The maximum Gasteiger partial charge on any atom is 0.165 e. The second kappa shape index (κ2) is 7.97. The Kier molecular flexibility index (Phi) is 4.85. The molecule has 5 rings (SSSR count). The number of nitriles is 1. The van der Waals surface area contributed by atoms with Crippen LogP contribution in [0.4, 0.5) is 5.82 Å². The maximum absolute atomic E-state index is 9.08. The minimum atomic E-state index is 0.418. The van der Waals surface area contributed by atoms with Crippen LogP contribution in [0, 0.1) is 11.3 Å². The molecular weight excluding hydrogens is 396 g/mol. The van der Waals surface area contributed by atoms with E-state index in [1.807, 2.05) is 41.0 Å². The van der Waals surface area contributed by atoms with Gasteiger partial charge < -0.3 is 5.73 Å². The molecule has 3 aromatic heterocycles. The summed E-state index contributed by atoms with van der Waals surface area (Å²) in [5.74, 6) is 1.11. The van der Waals surface area contributed by atoms with Gasteiger partial charge in [0.05, 0.1) is 22.9 Å². The molecule has 0 fully saturated rings. The predicted octanol–water partition coefficient (Wildman–Crippen LogP) is 5.17. The zero-order chi connectivity index (χ0) is 22.1. The molecule has 0 amide bonds. The highest BCUT2D eigenvalue weighted by molar-refractivity contribution is 5.84. The van der Waals surface area contributed by atoms with Crippen LogP contribution in [0.25, 0.3) is 39.5 Å². The molecule has 0 atom stereocenters. The Balaban J connectivity index is 1.75. The van der Waals surface area contributed by atoms with Gasteiger partial charge in [-0.25, -0.2) is 15.0 Å². The number of nitrogens with two attached hydrogens (primary N) is 1. The molecule has 0 saturated heterocycles. The fourth-order valence-corrected chi connectivity index (χ4v) is 3.75. The topological polar surface area (TPSA) is 93.4 Å². The number of rotatable bonds is 4. The molecule has 5 aromatic rings. The second-order valence-corrected chi connectivity index (χ2v) is 7.46. The summed E-state index contributed by atoms with van der Waals surface area (Å²) in [6.07, 6.45) is 2.64. The third-order valence-electron chi connectivity index (χ3n) is 5.50. The Bertz CT molecular complexity index is 1460. The highest BCUT2D eigenvalue weighted by atomic mass is 15.1. The minimum absolute atomic E-state index is 0.418. The molecule has 6 heteroatoms. The molecule has 0 radical (unpaired) electrons. The van der Waals surface area contributed by atoms with Crippen LogP contribution in [0.3, 0.4) is 0 Å². The number of pyridine rings is 2. The summed E-state index contributed by atoms with van der Waals surface area (Å²) in [6.45, 7) is 2.13. The van der Waals surface area contributed by atoms with E-state index in [2.05, 4.69) is 42.2 Å². The SMILES string of the molecule is CCc1ccc(-n2c(-c3cccnc3N)nc3ccc(-c4ccc(C#N)cc4)nc32)cc1. The van der Waals surface area contributed by atoms with Gasteiger partial charge in [-0.15, -0.1) is 0 Å². The van der Waals surface area contributed by atoms with E-state index in [4.69, 9.17) is 21.0 Å². The van der Waals surface area contributed by atoms with E-state index < -0.39 is 0 Å². The van der Waals surface area contributed by atoms with Gasteiger partial charge in [0.25, 0.3) is 0 Å². The molecule has 0 aliphatic heterocycles. The van der Waals surface area contributed by atoms with Gasteiger partial charge in [0.1, 0.15) is 11.3 Å². The Morgan fingerprint density at radius 2 is 1.72 bits per heavy atom. The smallest absolute Gasteiger partial charge is 0.165 e. The monoisotopic (exact) mass is 416 g/mol. The predicted molar refractivity (Wildman–Crippen MR) is 126 cm³/mol. The lowest BCUT2D eigenvalue weighted by Gasteiger charge is -2.11. The number of nitrogen functional groups attached to an aromatic ring is 1. The zero-order valence-electron chi connectivity index (χ0n) is 17.5. The van der Waals surface area contributed by atoms with E-state index in [1.165, 1.54) is 5.56 Å². The summed E-state index contributed by atoms with van der Waals surface area (Å²) in [7, 11) is 0. The van der Waals surface area contributed by atoms with Crippen molar-refractivity contribution in [3.8, 4) is 34.4 Å². The van der Waals surface area contributed by atoms with Gasteiger partial charge in [0.2, 0.25) is 0 Å². The van der Waals surface area contributed by atoms with Crippen LogP contribution in [0.2, 0.25) is 0 Å². The summed E-state index contributed by atoms with van der Waals surface area (Å²) in [5.41, 5.74) is 13.0. The number of benzene rings is 2. The standard InChI is InChI=1S/C26H20N6/c1-2-17-7-11-20(12-8-17)32-25(21-4-3-15-29-24(21)28)31-23-14-13-22(30-26(23)32)19-9-5-18(16-27)6-10-19/h3-15H,2H2,1H3,(H2,28,29). The van der Waals surface area contributed by atoms with Crippen LogP contribution in [-0.2, 0) is 6.42 Å². The summed E-state index contributed by atoms with van der Waals surface area (Å²) in [5, 5.41) is 9.08. The minimum Gasteiger partial charge on any atom is -0.383 e. The Morgan fingerprint density at radius 3 is 2.41 bits per heavy atom. The number of nitrogens with zero attached hydrogens (tertiary/aromatic N) is 5. The average molecular weight is 416 g/mol. The molecule has 2 N–H and O–H groups in total. The Labute approximate surface area is 185 Å². The molecule has 0 saturated carbocycles. The van der Waals surface area contributed by atoms with Crippen molar-refractivity contribution in [3.63, 3.8) is 0 Å². The van der Waals surface area contributed by atoms with Gasteiger partial charge >= 0.3 is 0 Å². The van der Waals surface area contributed by atoms with Crippen molar-refractivity contribution in [1.82, 2.24) is 19.5 Å². The average Bonchev–Trinajstić information content (AvgIpc) is 3.23. The number of hydrogen-bond donors (Lipinski definition) is 1. The van der Waals surface area contributed by atoms with Gasteiger partial charge in [-0.2, -0.15) is 5.26 Å². The number of anilines is 1. The van der Waals surface area contributed by atoms with E-state index >= 15 is 0 Å². The number of fused-ring (bicyclic) bond motifs is 1. The molecule has 6 nitrogen and oxygen atoms in total. The van der Waals surface area contributed by atoms with Gasteiger partial charge in [-0.1, -0.05) is 31.2 Å². The molecule has 32 heavy (non-hydrogen) atoms. The lowest BCUT2D eigenvalue weighted by molar-refractivity contribution is 1.06. The van der Waals surface area contributed by atoms with Crippen molar-refractivity contribution in [2.45, 2.75) is 13.3 Å². The quantitative estimate of drug-likeness (QED) is 0.436. The van der Waals surface area contributed by atoms with E-state index in [0.29, 0.717) is 17.2 Å². The lowest BCUT2D eigenvalue weighted by atomic mass is 10.1. The third kappa shape index (κ3) is 3.36. The van der Waals surface area contributed by atoms with Crippen LogP contribution in [-0.4, -0.2) is 19.5 Å². The number of hydrogen-bond acceptors (Lipinski definition) is 5. The molecule has 0 bridgehead atoms. The van der Waals surface area contributed by atoms with Crippen LogP contribution in [0.5, 0.6) is 0 Å². The first kappa shape index (κ1) is 19.5. The summed E-state index contributed by atoms with van der Waals surface area (Å²) in [6, 6.07) is 25.6. The first-order valence-corrected chi connectivity index (χ1v) is 10.4. The molecule has 0 spiro atoms. The number of aryl methyl sites for hydroxylation is 1. The Hall–Kier alpha value is -4.50. The Morgan fingerprint density at radius 1 is 0.938 bits per heavy atom. The first-order chi connectivity index (χ1) is 15.7. The van der Waals surface area contributed by atoms with Gasteiger partial charge in [0, 0.05) is 17.4 Å². The number of aromatic nitrogens is 4. The largest absolute Gasteiger partial charge is 0.383 e. The van der Waals surface area contributed by atoms with Gasteiger partial charge in [-0.3, -0.25) is 4.57 Å². The molecule has 0 aliphatic carbocycles. The van der Waals surface area contributed by atoms with Crippen molar-refractivity contribution < 1.29 is 0 Å². The third-order valence-corrected chi connectivity index (χ3v) is 5.50. The molecule has 0 aliphatic rings. The van der Waals surface area contributed by atoms with Crippen molar-refractivity contribution in [3.05, 3.63) is 90.1 Å². The lowest BCUT2D eigenvalue weighted by Crippen LogP contribution is -2.02. The van der Waals surface area contributed by atoms with Crippen molar-refractivity contribution in [1.29, 1.82) is 5.26 Å². The van der Waals surface area contributed by atoms with Crippen molar-refractivity contribution in [2.75, 3.05) is 5.73 Å². The van der Waals surface area contributed by atoms with Gasteiger partial charge in [0.15, 0.2) is 11.5 Å². The van der Waals surface area contributed by atoms with Gasteiger partial charge in [-0.05, 0) is 60.5 Å². The highest BCUT2D eigenvalue weighted by Gasteiger charge is 2.18. The normalized spacial score (nSPS) is 10.9. The van der Waals surface area contributed by atoms with E-state index in [1.54, 1.807) is 18.3 Å². The molecular formula is C26H20N6. The molecule has 3 heterocycles. The fourth-order valence-electron chi connectivity index (χ4n) is 3.75. The van der Waals surface area contributed by atoms with Crippen LogP contribution < -0.4 is 5.73 Å². The van der Waals surface area contributed by atoms with E-state index in [9.17, 15) is 0 Å². The van der Waals surface area contributed by atoms with E-state index in [0.717, 1.165) is 40.1 Å². The fraction of sp³-hybridized carbons (Fsp3) is 0.0769.